The van der Waals surface area contributed by atoms with Gasteiger partial charge < -0.3 is 5.11 Å². The second-order valence-electron chi connectivity index (χ2n) is 8.27. The van der Waals surface area contributed by atoms with Gasteiger partial charge >= 0.3 is 0 Å². The SMILES string of the molecule is N=C1/C(=C(/O)c2ccccc2)[C@@H](c2ccccc2)C2=C(CCCC2=O)N1c1ccc(Cl)cc1. The molecule has 3 aromatic rings. The maximum atomic E-state index is 13.4. The van der Waals surface area contributed by atoms with Crippen LogP contribution in [0.2, 0.25) is 5.02 Å². The van der Waals surface area contributed by atoms with Gasteiger partial charge in [-0.25, -0.2) is 0 Å². The Bertz CT molecular complexity index is 1280. The fourth-order valence-electron chi connectivity index (χ4n) is 4.80. The Morgan fingerprint density at radius 2 is 1.55 bits per heavy atom. The third-order valence-corrected chi connectivity index (χ3v) is 6.53. The van der Waals surface area contributed by atoms with Crippen LogP contribution in [0.1, 0.15) is 36.3 Å². The number of halogens is 1. The number of carbonyl (C=O) groups excluding carboxylic acids is 1. The first-order valence-electron chi connectivity index (χ1n) is 11.0. The van der Waals surface area contributed by atoms with Gasteiger partial charge in [0.05, 0.1) is 0 Å². The third-order valence-electron chi connectivity index (χ3n) is 6.27. The molecule has 0 saturated heterocycles. The van der Waals surface area contributed by atoms with Crippen LogP contribution in [0.15, 0.2) is 102 Å². The minimum atomic E-state index is -0.509. The number of Topliss-reactive ketones (excluding diaryl/α,β-unsaturated/α-hetero) is 1. The van der Waals surface area contributed by atoms with Gasteiger partial charge in [-0.2, -0.15) is 0 Å². The molecule has 1 atom stereocenters. The average molecular weight is 455 g/mol. The summed E-state index contributed by atoms with van der Waals surface area (Å²) in [6, 6.07) is 26.2. The van der Waals surface area contributed by atoms with Crippen molar-refractivity contribution >= 4 is 34.7 Å². The van der Waals surface area contributed by atoms with Gasteiger partial charge in [-0.3, -0.25) is 15.1 Å². The number of carbonyl (C=O) groups is 1. The minimum absolute atomic E-state index is 0.0124. The fourth-order valence-corrected chi connectivity index (χ4v) is 4.92. The molecule has 1 heterocycles. The zero-order valence-electron chi connectivity index (χ0n) is 18.0. The summed E-state index contributed by atoms with van der Waals surface area (Å²) in [6.07, 6.45) is 1.89. The van der Waals surface area contributed by atoms with Crippen molar-refractivity contribution in [2.24, 2.45) is 0 Å². The van der Waals surface area contributed by atoms with E-state index in [-0.39, 0.29) is 17.4 Å². The molecule has 2 N–H and O–H groups in total. The summed E-state index contributed by atoms with van der Waals surface area (Å²) in [5.74, 6) is -0.264. The van der Waals surface area contributed by atoms with Crippen LogP contribution < -0.4 is 4.90 Å². The van der Waals surface area contributed by atoms with E-state index in [1.54, 1.807) is 17.0 Å². The molecule has 33 heavy (non-hydrogen) atoms. The molecule has 2 aliphatic rings. The summed E-state index contributed by atoms with van der Waals surface area (Å²) in [7, 11) is 0. The summed E-state index contributed by atoms with van der Waals surface area (Å²) in [4.78, 5) is 15.2. The van der Waals surface area contributed by atoms with Gasteiger partial charge in [-0.05, 0) is 42.7 Å². The molecular formula is C28H23ClN2O2. The predicted octanol–water partition coefficient (Wildman–Crippen LogP) is 6.90. The van der Waals surface area contributed by atoms with Gasteiger partial charge in [0.15, 0.2) is 5.78 Å². The Hall–Kier alpha value is -3.63. The van der Waals surface area contributed by atoms with Crippen LogP contribution in [-0.2, 0) is 4.79 Å². The molecular weight excluding hydrogens is 432 g/mol. The lowest BCUT2D eigenvalue weighted by molar-refractivity contribution is -0.116. The van der Waals surface area contributed by atoms with Crippen molar-refractivity contribution < 1.29 is 9.90 Å². The second-order valence-corrected chi connectivity index (χ2v) is 8.71. The van der Waals surface area contributed by atoms with E-state index < -0.39 is 5.92 Å². The number of hydrogen-bond donors (Lipinski definition) is 2. The van der Waals surface area contributed by atoms with Crippen molar-refractivity contribution in [3.05, 3.63) is 118 Å². The minimum Gasteiger partial charge on any atom is -0.507 e. The summed E-state index contributed by atoms with van der Waals surface area (Å²) in [5, 5.41) is 21.4. The van der Waals surface area contributed by atoms with Gasteiger partial charge in [0, 0.05) is 45.5 Å². The first-order chi connectivity index (χ1) is 16.1. The number of anilines is 1. The number of aliphatic hydroxyl groups is 1. The first kappa shape index (κ1) is 21.2. The Morgan fingerprint density at radius 1 is 0.909 bits per heavy atom. The summed E-state index contributed by atoms with van der Waals surface area (Å²) < 4.78 is 0. The molecule has 0 unspecified atom stereocenters. The average Bonchev–Trinajstić information content (AvgIpc) is 2.85. The van der Waals surface area contributed by atoms with Crippen LogP contribution in [0.5, 0.6) is 0 Å². The first-order valence-corrected chi connectivity index (χ1v) is 11.4. The quantitative estimate of drug-likeness (QED) is 0.423. The Balaban J connectivity index is 1.82. The highest BCUT2D eigenvalue weighted by Crippen LogP contribution is 2.47. The maximum Gasteiger partial charge on any atom is 0.161 e. The molecule has 3 aromatic carbocycles. The molecule has 0 saturated carbocycles. The molecule has 0 radical (unpaired) electrons. The van der Waals surface area contributed by atoms with Gasteiger partial charge in [-0.15, -0.1) is 0 Å². The Kier molecular flexibility index (Phi) is 5.61. The van der Waals surface area contributed by atoms with Crippen molar-refractivity contribution in [2.45, 2.75) is 25.2 Å². The monoisotopic (exact) mass is 454 g/mol. The van der Waals surface area contributed by atoms with Gasteiger partial charge in [0.1, 0.15) is 11.6 Å². The number of aliphatic hydroxyl groups excluding tert-OH is 1. The van der Waals surface area contributed by atoms with E-state index >= 15 is 0 Å². The highest BCUT2D eigenvalue weighted by Gasteiger charge is 2.43. The number of rotatable bonds is 3. The number of hydrogen-bond acceptors (Lipinski definition) is 3. The number of benzene rings is 3. The standard InChI is InChI=1S/C28H23ClN2O2/c29-20-14-16-21(17-15-20)31-22-12-7-13-23(32)25(22)24(18-8-3-1-4-9-18)26(28(31)30)27(33)19-10-5-2-6-11-19/h1-6,8-11,14-17,24,30,33H,7,12-13H2/b27-26+,30-28?/t24-/m0/s1. The Morgan fingerprint density at radius 3 is 2.21 bits per heavy atom. The number of nitrogens with one attached hydrogen (secondary N) is 1. The number of nitrogens with zero attached hydrogens (tertiary/aromatic N) is 1. The van der Waals surface area contributed by atoms with E-state index in [2.05, 4.69) is 0 Å². The third kappa shape index (κ3) is 3.77. The molecule has 4 nitrogen and oxygen atoms in total. The van der Waals surface area contributed by atoms with E-state index in [1.807, 2.05) is 72.8 Å². The van der Waals surface area contributed by atoms with E-state index in [4.69, 9.17) is 11.6 Å². The lowest BCUT2D eigenvalue weighted by atomic mass is 9.73. The van der Waals surface area contributed by atoms with E-state index in [0.717, 1.165) is 23.4 Å². The molecule has 0 fully saturated rings. The van der Waals surface area contributed by atoms with Gasteiger partial charge in [0.2, 0.25) is 0 Å². The molecule has 0 amide bonds. The molecule has 1 aliphatic carbocycles. The summed E-state index contributed by atoms with van der Waals surface area (Å²) >= 11 is 6.12. The molecule has 5 heteroatoms. The molecule has 5 rings (SSSR count). The molecule has 0 aromatic heterocycles. The Labute approximate surface area is 198 Å². The molecule has 1 aliphatic heterocycles. The van der Waals surface area contributed by atoms with Crippen molar-refractivity contribution in [1.29, 1.82) is 5.41 Å². The lowest BCUT2D eigenvalue weighted by Crippen LogP contribution is -2.42. The number of allylic oxidation sites excluding steroid dienone is 2. The van der Waals surface area contributed by atoms with Gasteiger partial charge in [0.25, 0.3) is 0 Å². The van der Waals surface area contributed by atoms with Crippen LogP contribution >= 0.6 is 11.6 Å². The smallest absolute Gasteiger partial charge is 0.161 e. The molecule has 0 spiro atoms. The molecule has 0 bridgehead atoms. The van der Waals surface area contributed by atoms with Crippen LogP contribution in [-0.4, -0.2) is 16.7 Å². The topological polar surface area (TPSA) is 64.4 Å². The van der Waals surface area contributed by atoms with E-state index in [1.165, 1.54) is 0 Å². The summed E-state index contributed by atoms with van der Waals surface area (Å²) in [5.41, 5.74) is 4.17. The number of amidine groups is 1. The normalized spacial score (nSPS) is 20.0. The predicted molar refractivity (Wildman–Crippen MR) is 133 cm³/mol. The van der Waals surface area contributed by atoms with Crippen molar-refractivity contribution in [3.63, 3.8) is 0 Å². The van der Waals surface area contributed by atoms with Crippen LogP contribution in [0.4, 0.5) is 5.69 Å². The zero-order valence-corrected chi connectivity index (χ0v) is 18.7. The van der Waals surface area contributed by atoms with Crippen LogP contribution in [0.3, 0.4) is 0 Å². The highest BCUT2D eigenvalue weighted by atomic mass is 35.5. The van der Waals surface area contributed by atoms with E-state index in [9.17, 15) is 15.3 Å². The van der Waals surface area contributed by atoms with Crippen LogP contribution in [0, 0.1) is 5.41 Å². The molecule has 164 valence electrons. The van der Waals surface area contributed by atoms with Crippen LogP contribution in [0.25, 0.3) is 5.76 Å². The van der Waals surface area contributed by atoms with Crippen molar-refractivity contribution in [2.75, 3.05) is 4.90 Å². The van der Waals surface area contributed by atoms with Crippen molar-refractivity contribution in [3.8, 4) is 0 Å². The van der Waals surface area contributed by atoms with Gasteiger partial charge in [-0.1, -0.05) is 72.3 Å². The fraction of sp³-hybridized carbons (Fsp3) is 0.143. The van der Waals surface area contributed by atoms with E-state index in [0.29, 0.717) is 34.6 Å². The largest absolute Gasteiger partial charge is 0.507 e. The lowest BCUT2D eigenvalue weighted by Gasteiger charge is -2.41. The number of ketones is 1. The summed E-state index contributed by atoms with van der Waals surface area (Å²) in [6.45, 7) is 0. The van der Waals surface area contributed by atoms with Crippen molar-refractivity contribution in [1.82, 2.24) is 0 Å². The second kappa shape index (κ2) is 8.72. The maximum absolute atomic E-state index is 13.4. The zero-order chi connectivity index (χ0) is 22.9. The highest BCUT2D eigenvalue weighted by molar-refractivity contribution is 6.30.